The van der Waals surface area contributed by atoms with Crippen LogP contribution >= 0.6 is 0 Å². The molecule has 2 amide bonds. The van der Waals surface area contributed by atoms with Gasteiger partial charge in [0, 0.05) is 6.61 Å². The van der Waals surface area contributed by atoms with Gasteiger partial charge in [0.05, 0.1) is 24.6 Å². The summed E-state index contributed by atoms with van der Waals surface area (Å²) in [6.45, 7) is -3.73. The van der Waals surface area contributed by atoms with Gasteiger partial charge in [-0.05, 0) is 24.6 Å². The Morgan fingerprint density at radius 3 is 1.84 bits per heavy atom. The second-order valence-corrected chi connectivity index (χ2v) is 8.78. The molecule has 3 rings (SSSR count). The van der Waals surface area contributed by atoms with Crippen LogP contribution in [0.5, 0.6) is 11.8 Å². The van der Waals surface area contributed by atoms with Gasteiger partial charge in [0.2, 0.25) is 17.7 Å². The fraction of sp³-hybridized carbons (Fsp3) is 0.385. The van der Waals surface area contributed by atoms with Gasteiger partial charge in [0.1, 0.15) is 19.2 Å². The molecule has 246 valence electrons. The third-order valence-corrected chi connectivity index (χ3v) is 5.24. The number of halogens is 9. The number of alkyl halides is 9. The lowest BCUT2D eigenvalue weighted by molar-refractivity contribution is -0.154. The van der Waals surface area contributed by atoms with E-state index in [-0.39, 0.29) is 18.9 Å². The minimum absolute atomic E-state index is 0.0229. The lowest BCUT2D eigenvalue weighted by atomic mass is 10.2. The van der Waals surface area contributed by atoms with Crippen molar-refractivity contribution < 1.29 is 63.3 Å². The first-order chi connectivity index (χ1) is 21.1. The average molecular weight is 657 g/mol. The van der Waals surface area contributed by atoms with Gasteiger partial charge in [-0.1, -0.05) is 30.3 Å². The van der Waals surface area contributed by atoms with Gasteiger partial charge in [0.15, 0.2) is 13.2 Å². The van der Waals surface area contributed by atoms with Crippen LogP contribution < -0.4 is 19.3 Å². The number of amides is 2. The summed E-state index contributed by atoms with van der Waals surface area (Å²) in [4.78, 5) is 26.0. The van der Waals surface area contributed by atoms with Crippen molar-refractivity contribution in [3.63, 3.8) is 0 Å². The van der Waals surface area contributed by atoms with Crippen LogP contribution in [0.25, 0.3) is 0 Å². The van der Waals surface area contributed by atoms with Crippen LogP contribution in [0.4, 0.5) is 55.9 Å². The molecule has 19 heteroatoms. The van der Waals surface area contributed by atoms with Gasteiger partial charge in [-0.3, -0.25) is 4.90 Å². The van der Waals surface area contributed by atoms with E-state index in [0.29, 0.717) is 28.8 Å². The molecule has 45 heavy (non-hydrogen) atoms. The molecule has 0 aliphatic carbocycles. The summed E-state index contributed by atoms with van der Waals surface area (Å²) in [6, 6.07) is 9.25. The lowest BCUT2D eigenvalue weighted by Gasteiger charge is -2.29. The molecule has 0 N–H and O–H groups in total. The van der Waals surface area contributed by atoms with Crippen LogP contribution in [0.2, 0.25) is 0 Å². The van der Waals surface area contributed by atoms with Crippen molar-refractivity contribution in [3.05, 3.63) is 66.0 Å². The Hall–Kier alpha value is -4.39. The highest BCUT2D eigenvalue weighted by Gasteiger charge is 2.34. The molecule has 0 aliphatic rings. The molecule has 2 heterocycles. The van der Waals surface area contributed by atoms with E-state index in [4.69, 9.17) is 9.47 Å². The molecule has 0 saturated carbocycles. The molecule has 2 aromatic heterocycles. The maximum atomic E-state index is 13.9. The number of carbonyl (C=O) groups excluding carboxylic acids is 1. The maximum Gasteiger partial charge on any atom is 0.433 e. The fourth-order valence-electron chi connectivity index (χ4n) is 3.28. The molecule has 0 saturated heterocycles. The zero-order valence-electron chi connectivity index (χ0n) is 23.1. The number of hydrogen-bond donors (Lipinski definition) is 0. The largest absolute Gasteiger partial charge is 0.468 e. The number of benzene rings is 1. The van der Waals surface area contributed by atoms with E-state index in [9.17, 15) is 44.3 Å². The quantitative estimate of drug-likeness (QED) is 0.155. The van der Waals surface area contributed by atoms with E-state index in [2.05, 4.69) is 24.4 Å². The Balaban J connectivity index is 2.05. The predicted molar refractivity (Wildman–Crippen MR) is 137 cm³/mol. The third kappa shape index (κ3) is 11.6. The normalized spacial score (nSPS) is 12.1. The fourth-order valence-corrected chi connectivity index (χ4v) is 3.28. The van der Waals surface area contributed by atoms with Crippen molar-refractivity contribution >= 4 is 17.7 Å². The Morgan fingerprint density at radius 1 is 0.778 bits per heavy atom. The zero-order chi connectivity index (χ0) is 33.3. The van der Waals surface area contributed by atoms with Crippen LogP contribution in [0.1, 0.15) is 18.2 Å². The van der Waals surface area contributed by atoms with Gasteiger partial charge >= 0.3 is 24.6 Å². The van der Waals surface area contributed by atoms with E-state index < -0.39 is 74.6 Å². The molecule has 0 fully saturated rings. The first-order valence-electron chi connectivity index (χ1n) is 12.7. The first-order valence-corrected chi connectivity index (χ1v) is 12.7. The van der Waals surface area contributed by atoms with E-state index in [1.807, 2.05) is 0 Å². The summed E-state index contributed by atoms with van der Waals surface area (Å²) in [7, 11) is 0. The van der Waals surface area contributed by atoms with Crippen LogP contribution in [-0.4, -0.2) is 66.6 Å². The number of ether oxygens (including phenoxy) is 4. The minimum atomic E-state index is -4.88. The molecule has 1 aromatic carbocycles. The number of anilines is 2. The summed E-state index contributed by atoms with van der Waals surface area (Å²) in [6.07, 6.45) is -13.8. The number of rotatable bonds is 13. The highest BCUT2D eigenvalue weighted by atomic mass is 19.4. The van der Waals surface area contributed by atoms with E-state index in [0.717, 1.165) is 11.0 Å². The van der Waals surface area contributed by atoms with Gasteiger partial charge in [-0.25, -0.2) is 14.7 Å². The third-order valence-electron chi connectivity index (χ3n) is 5.24. The van der Waals surface area contributed by atoms with Crippen molar-refractivity contribution in [1.29, 1.82) is 0 Å². The van der Waals surface area contributed by atoms with Gasteiger partial charge < -0.3 is 18.9 Å². The molecule has 0 atom stereocenters. The number of urea groups is 1. The molecule has 10 nitrogen and oxygen atoms in total. The number of nitrogens with zero attached hydrogens (tertiary/aromatic N) is 5. The monoisotopic (exact) mass is 657 g/mol. The first kappa shape index (κ1) is 35.1. The Morgan fingerprint density at radius 2 is 1.36 bits per heavy atom. The van der Waals surface area contributed by atoms with Crippen molar-refractivity contribution in [2.45, 2.75) is 32.1 Å². The molecule has 0 radical (unpaired) electrons. The number of carbonyl (C=O) groups is 1. The summed E-state index contributed by atoms with van der Waals surface area (Å²) in [5.41, 5.74) is -0.893. The molecule has 0 spiro atoms. The molecule has 0 unspecified atom stereocenters. The Kier molecular flexibility index (Phi) is 11.7. The molecule has 3 aromatic rings. The van der Waals surface area contributed by atoms with Crippen LogP contribution in [0.3, 0.4) is 0 Å². The summed E-state index contributed by atoms with van der Waals surface area (Å²) in [5, 5.41) is 0. The standard InChI is InChI=1S/C26H24F9N5O5/c1-2-42-15-39(18-8-9-19(36-11-18)26(33,34)35)23(41)40(16-43-12-17-6-4-3-5-7-17)22-37-20(44-13-24(27,28)29)10-21(38-22)45-14-25(30,31)32/h3-11H,2,12-16H2,1H3. The van der Waals surface area contributed by atoms with Crippen molar-refractivity contribution in [1.82, 2.24) is 15.0 Å². The van der Waals surface area contributed by atoms with Gasteiger partial charge in [0.25, 0.3) is 0 Å². The Bertz CT molecular complexity index is 1340. The zero-order valence-corrected chi connectivity index (χ0v) is 23.1. The smallest absolute Gasteiger partial charge is 0.433 e. The maximum absolute atomic E-state index is 13.9. The topological polar surface area (TPSA) is 99.1 Å². The highest BCUT2D eigenvalue weighted by molar-refractivity contribution is 6.02. The average Bonchev–Trinajstić information content (AvgIpc) is 2.97. The Labute approximate surface area is 249 Å². The van der Waals surface area contributed by atoms with Crippen LogP contribution in [0, 0.1) is 0 Å². The molecular weight excluding hydrogens is 633 g/mol. The van der Waals surface area contributed by atoms with Crippen molar-refractivity contribution in [2.75, 3.05) is 43.1 Å². The van der Waals surface area contributed by atoms with Crippen LogP contribution in [-0.2, 0) is 22.3 Å². The van der Waals surface area contributed by atoms with E-state index in [1.54, 1.807) is 37.3 Å². The second kappa shape index (κ2) is 15.1. The molecule has 0 aliphatic heterocycles. The van der Waals surface area contributed by atoms with Gasteiger partial charge in [-0.15, -0.1) is 0 Å². The predicted octanol–water partition coefficient (Wildman–Crippen LogP) is 6.37. The van der Waals surface area contributed by atoms with Crippen LogP contribution in [0.15, 0.2) is 54.7 Å². The van der Waals surface area contributed by atoms with Gasteiger partial charge in [-0.2, -0.15) is 49.5 Å². The summed E-state index contributed by atoms with van der Waals surface area (Å²) < 4.78 is 136. The number of pyridine rings is 1. The van der Waals surface area contributed by atoms with Crippen molar-refractivity contribution in [3.8, 4) is 11.8 Å². The SMILES string of the molecule is CCOCN(C(=O)N(COCc1ccccc1)c1nc(OCC(F)(F)F)cc(OCC(F)(F)F)n1)c1ccc(C(F)(F)F)nc1. The number of hydrogen-bond acceptors (Lipinski definition) is 8. The molecule has 0 bridgehead atoms. The second-order valence-electron chi connectivity index (χ2n) is 8.78. The summed E-state index contributed by atoms with van der Waals surface area (Å²) >= 11 is 0. The summed E-state index contributed by atoms with van der Waals surface area (Å²) in [5.74, 6) is -2.66. The van der Waals surface area contributed by atoms with E-state index in [1.165, 1.54) is 0 Å². The van der Waals surface area contributed by atoms with E-state index >= 15 is 0 Å². The van der Waals surface area contributed by atoms with Crippen molar-refractivity contribution in [2.24, 2.45) is 0 Å². The highest BCUT2D eigenvalue weighted by Crippen LogP contribution is 2.30. The molecular formula is C26H24F9N5O5. The minimum Gasteiger partial charge on any atom is -0.468 e. The number of aromatic nitrogens is 3. The lowest BCUT2D eigenvalue weighted by Crippen LogP contribution is -2.46.